The smallest absolute Gasteiger partial charge is 0.223 e. The summed E-state index contributed by atoms with van der Waals surface area (Å²) < 4.78 is 71.1. The standard InChI is InChI=1S/5C9H14N4O4/c5*1-4-12-9(10)11-3-13(4)8-7(16)6(15)5(2-14)17-8/h5*3,5-8,14-16H,1-2H2,(H2,10,12)/t5*5-,6?,7+,8-/m11111/s1/i8D;7D;6D;5D;2D2. The zero-order valence-electron chi connectivity index (χ0n) is 50.3. The average Bonchev–Trinajstić information content (AvgIpc) is 1.69. The third kappa shape index (κ3) is 15.2. The van der Waals surface area contributed by atoms with Crippen LogP contribution in [0.25, 0.3) is 0 Å². The van der Waals surface area contributed by atoms with Crippen LogP contribution in [0, 0.1) is 0 Å². The van der Waals surface area contributed by atoms with Crippen LogP contribution in [0.4, 0.5) is 0 Å². The Bertz CT molecular complexity index is 3020. The highest BCUT2D eigenvalue weighted by molar-refractivity contribution is 5.91. The van der Waals surface area contributed by atoms with Crippen molar-refractivity contribution in [2.24, 2.45) is 78.6 Å². The molecule has 0 spiro atoms. The number of nitrogens with two attached hydrogens (primary N) is 5. The predicted octanol–water partition coefficient (Wildman–Crippen LogP) is -12.2. The Morgan fingerprint density at radius 3 is 1.04 bits per heavy atom. The van der Waals surface area contributed by atoms with Gasteiger partial charge in [0.05, 0.1) is 41.2 Å². The summed E-state index contributed by atoms with van der Waals surface area (Å²) in [5.74, 6) is 0.514. The van der Waals surface area contributed by atoms with Gasteiger partial charge in [-0.1, -0.05) is 32.9 Å². The molecule has 0 amide bonds. The SMILES string of the molecule is [2H]C([2H])(O)[C@H]1O[C@@H](N2C=NC(N)=NC2=C)[C@@H](O)C1O.[2H]C1(O)[C@H](O)[C@H](N2C=NC(N)=NC2=C)O[C@@H]1CO.[2H][C@@]1(N2C=NC(N)=NC2=C)O[C@H](CO)C(O)[C@@H]1O.[2H][C@]1(CO)O[C@@H](N2C=NC(N)=NC2=C)[C@@H](O)C1O.[2H][C@]1(O)C(O)[C@@H](CO)O[C@H]1N1C=NC(N)=NC1=C. The van der Waals surface area contributed by atoms with Crippen LogP contribution in [0.15, 0.2) is 112 Å². The predicted molar refractivity (Wildman–Crippen MR) is 294 cm³/mol. The van der Waals surface area contributed by atoms with Crippen LogP contribution in [0.2, 0.25) is 0 Å². The Morgan fingerprint density at radius 1 is 0.376 bits per heavy atom. The van der Waals surface area contributed by atoms with Crippen LogP contribution in [-0.4, -0.2) is 318 Å². The van der Waals surface area contributed by atoms with Crippen molar-refractivity contribution in [1.82, 2.24) is 24.5 Å². The van der Waals surface area contributed by atoms with Gasteiger partial charge in [0.2, 0.25) is 29.8 Å². The molecular formula is C45H70N20O20. The first-order valence-corrected chi connectivity index (χ1v) is 24.4. The molecule has 85 heavy (non-hydrogen) atoms. The molecule has 10 heterocycles. The van der Waals surface area contributed by atoms with E-state index in [1.165, 1.54) is 45.0 Å². The third-order valence-corrected chi connectivity index (χ3v) is 12.5. The van der Waals surface area contributed by atoms with Gasteiger partial charge in [-0.15, -0.1) is 0 Å². The van der Waals surface area contributed by atoms with Crippen molar-refractivity contribution < 1.29 is 109 Å². The summed E-state index contributed by atoms with van der Waals surface area (Å²) in [6.45, 7) is 12.7. The summed E-state index contributed by atoms with van der Waals surface area (Å²) >= 11 is 0. The molecule has 5 fully saturated rings. The summed E-state index contributed by atoms with van der Waals surface area (Å²) in [7, 11) is 0. The number of aliphatic hydroxyl groups excluding tert-OH is 12. The Labute approximate surface area is 490 Å². The van der Waals surface area contributed by atoms with Crippen molar-refractivity contribution in [2.75, 3.05) is 33.0 Å². The highest BCUT2D eigenvalue weighted by atomic mass is 16.6. The normalized spacial score (nSPS) is 42.1. The first kappa shape index (κ1) is 58.0. The molecule has 0 aromatic carbocycles. The maximum Gasteiger partial charge on any atom is 0.223 e. The molecule has 5 saturated heterocycles. The molecule has 25 N–H and O–H groups in total. The van der Waals surface area contributed by atoms with Crippen LogP contribution in [0.5, 0.6) is 0 Å². The molecule has 0 saturated carbocycles. The molecule has 470 valence electrons. The molecule has 0 aromatic rings. The summed E-state index contributed by atoms with van der Waals surface area (Å²) in [6.07, 6.45) is -24.5. The molecule has 0 aliphatic carbocycles. The number of nitrogens with zero attached hydrogens (tertiary/aromatic N) is 15. The van der Waals surface area contributed by atoms with Gasteiger partial charge in [0.25, 0.3) is 0 Å². The van der Waals surface area contributed by atoms with Crippen LogP contribution in [0.1, 0.15) is 8.22 Å². The van der Waals surface area contributed by atoms with Gasteiger partial charge in [0.1, 0.15) is 152 Å². The Kier molecular flexibility index (Phi) is 19.9. The minimum absolute atomic E-state index is 0.00331. The highest BCUT2D eigenvalue weighted by Gasteiger charge is 2.50. The number of guanidine groups is 5. The van der Waals surface area contributed by atoms with Crippen molar-refractivity contribution in [3.63, 3.8) is 0 Å². The zero-order chi connectivity index (χ0) is 68.4. The van der Waals surface area contributed by atoms with Crippen LogP contribution >= 0.6 is 0 Å². The first-order chi connectivity index (χ1) is 42.2. The van der Waals surface area contributed by atoms with Crippen LogP contribution in [0.3, 0.4) is 0 Å². The van der Waals surface area contributed by atoms with E-state index < -0.39 is 156 Å². The van der Waals surface area contributed by atoms with Crippen molar-refractivity contribution in [1.29, 1.82) is 0 Å². The molecule has 10 rings (SSSR count). The molecule has 5 unspecified atom stereocenters. The van der Waals surface area contributed by atoms with E-state index in [-0.39, 0.29) is 58.9 Å². The van der Waals surface area contributed by atoms with E-state index in [1.54, 1.807) is 0 Å². The number of rotatable bonds is 10. The van der Waals surface area contributed by atoms with Crippen molar-refractivity contribution in [3.05, 3.63) is 62.0 Å². The molecule has 0 bridgehead atoms. The van der Waals surface area contributed by atoms with Gasteiger partial charge in [-0.3, -0.25) is 24.5 Å². The van der Waals surface area contributed by atoms with E-state index in [1.807, 2.05) is 0 Å². The van der Waals surface area contributed by atoms with E-state index in [0.717, 1.165) is 11.2 Å². The van der Waals surface area contributed by atoms with Crippen LogP contribution in [-0.2, 0) is 23.7 Å². The number of aliphatic imine (C=N–C) groups is 10. The van der Waals surface area contributed by atoms with E-state index >= 15 is 0 Å². The number of hydrogen-bond acceptors (Lipinski definition) is 40. The van der Waals surface area contributed by atoms with E-state index in [9.17, 15) is 56.2 Å². The lowest BCUT2D eigenvalue weighted by Gasteiger charge is -2.29. The lowest BCUT2D eigenvalue weighted by molar-refractivity contribution is -0.0607. The number of aliphatic hydroxyl groups is 15. The fourth-order valence-corrected chi connectivity index (χ4v) is 8.02. The van der Waals surface area contributed by atoms with Gasteiger partial charge < -0.3 is 129 Å². The molecule has 0 aromatic heterocycles. The minimum atomic E-state index is -2.80. The third-order valence-electron chi connectivity index (χ3n) is 12.5. The minimum Gasteiger partial charge on any atom is -0.394 e. The average molecular weight is 1220 g/mol. The van der Waals surface area contributed by atoms with Crippen molar-refractivity contribution in [3.8, 4) is 0 Å². The largest absolute Gasteiger partial charge is 0.394 e. The summed E-state index contributed by atoms with van der Waals surface area (Å²) in [6, 6.07) is 0. The topological polar surface area (TPSA) is 620 Å². The van der Waals surface area contributed by atoms with Gasteiger partial charge in [-0.2, -0.15) is 25.0 Å². The fourth-order valence-electron chi connectivity index (χ4n) is 8.02. The second kappa shape index (κ2) is 29.1. The summed E-state index contributed by atoms with van der Waals surface area (Å²) in [4.78, 5) is 43.1. The maximum atomic E-state index is 9.92. The summed E-state index contributed by atoms with van der Waals surface area (Å²) in [5, 5.41) is 143. The van der Waals surface area contributed by atoms with Gasteiger partial charge in [-0.25, -0.2) is 25.0 Å². The van der Waals surface area contributed by atoms with Crippen LogP contribution < -0.4 is 28.7 Å². The van der Waals surface area contributed by atoms with Crippen molar-refractivity contribution >= 4 is 61.5 Å². The zero-order valence-corrected chi connectivity index (χ0v) is 44.3. The monoisotopic (exact) mass is 1220 g/mol. The van der Waals surface area contributed by atoms with Crippen molar-refractivity contribution in [2.45, 2.75) is 123 Å². The lowest BCUT2D eigenvalue weighted by atomic mass is 10.1. The lowest BCUT2D eigenvalue weighted by Crippen LogP contribution is -2.44. The van der Waals surface area contributed by atoms with Gasteiger partial charge >= 0.3 is 0 Å². The van der Waals surface area contributed by atoms with E-state index in [2.05, 4.69) is 82.8 Å². The van der Waals surface area contributed by atoms with Gasteiger partial charge in [0, 0.05) is 0 Å². The van der Waals surface area contributed by atoms with Gasteiger partial charge in [0.15, 0.2) is 31.1 Å². The molecule has 0 radical (unpaired) electrons. The molecule has 10 aliphatic heterocycles. The second-order valence-electron chi connectivity index (χ2n) is 18.0. The Balaban J connectivity index is 0.000000181. The summed E-state index contributed by atoms with van der Waals surface area (Å²) in [5.41, 5.74) is 26.8. The molecule has 10 aliphatic rings. The maximum absolute atomic E-state index is 9.92. The number of ether oxygens (including phenoxy) is 5. The van der Waals surface area contributed by atoms with Gasteiger partial charge in [-0.05, 0) is 0 Å². The molecular weight excluding hydrogens is 1140 g/mol. The fraction of sp³-hybridized carbons (Fsp3) is 0.556. The molecule has 40 heteroatoms. The molecule has 40 nitrogen and oxygen atoms in total. The highest BCUT2D eigenvalue weighted by Crippen LogP contribution is 2.31. The first-order valence-electron chi connectivity index (χ1n) is 27.4. The Morgan fingerprint density at radius 2 is 0.706 bits per heavy atom. The molecule has 20 atom stereocenters. The second-order valence-corrected chi connectivity index (χ2v) is 18.0. The van der Waals surface area contributed by atoms with E-state index in [4.69, 9.17) is 81.0 Å². The van der Waals surface area contributed by atoms with E-state index in [0.29, 0.717) is 0 Å². The number of hydrogen-bond donors (Lipinski definition) is 20. The Hall–Kier alpha value is -7.40. The quantitative estimate of drug-likeness (QED) is 0.0966.